The van der Waals surface area contributed by atoms with Crippen molar-refractivity contribution in [3.05, 3.63) is 65.2 Å². The van der Waals surface area contributed by atoms with Crippen molar-refractivity contribution in [1.82, 2.24) is 10.6 Å². The predicted molar refractivity (Wildman–Crippen MR) is 110 cm³/mol. The van der Waals surface area contributed by atoms with E-state index < -0.39 is 18.1 Å². The average molecular weight is 394 g/mol. The summed E-state index contributed by atoms with van der Waals surface area (Å²) < 4.78 is 5.53. The van der Waals surface area contributed by atoms with Gasteiger partial charge in [0.2, 0.25) is 11.8 Å². The number of esters is 1. The lowest BCUT2D eigenvalue weighted by atomic mass is 10.00. The highest BCUT2D eigenvalue weighted by Crippen LogP contribution is 2.28. The maximum Gasteiger partial charge on any atom is 0.313 e. The van der Waals surface area contributed by atoms with Crippen molar-refractivity contribution in [2.24, 2.45) is 0 Å². The molecule has 2 aromatic carbocycles. The zero-order chi connectivity index (χ0) is 21.0. The standard InChI is InChI=1S/C23H26N2O4/c1-14(2)17-10-9-15(3)11-20(17)29-21(26)13-19-23(28)24-18(22(27)25-19)12-16-7-5-4-6-8-16/h4-11,14,18-19H,12-13H2,1-3H3,(H,24,28)(H,25,27). The molecule has 2 amide bonds. The molecule has 0 spiro atoms. The van der Waals surface area contributed by atoms with Crippen molar-refractivity contribution in [2.75, 3.05) is 0 Å². The Balaban J connectivity index is 1.61. The molecule has 1 aliphatic heterocycles. The fourth-order valence-electron chi connectivity index (χ4n) is 3.35. The average Bonchev–Trinajstić information content (AvgIpc) is 2.66. The molecular formula is C23H26N2O4. The van der Waals surface area contributed by atoms with E-state index in [0.717, 1.165) is 16.7 Å². The zero-order valence-electron chi connectivity index (χ0n) is 16.9. The second kappa shape index (κ2) is 8.90. The lowest BCUT2D eigenvalue weighted by Gasteiger charge is -2.29. The summed E-state index contributed by atoms with van der Waals surface area (Å²) in [5, 5.41) is 5.36. The minimum atomic E-state index is -0.936. The Morgan fingerprint density at radius 1 is 1.00 bits per heavy atom. The summed E-state index contributed by atoms with van der Waals surface area (Å²) in [5.74, 6) is -0.552. The third kappa shape index (κ3) is 5.22. The minimum Gasteiger partial charge on any atom is -0.426 e. The first kappa shape index (κ1) is 20.6. The van der Waals surface area contributed by atoms with Crippen molar-refractivity contribution in [1.29, 1.82) is 0 Å². The van der Waals surface area contributed by atoms with Gasteiger partial charge in [-0.15, -0.1) is 0 Å². The molecule has 152 valence electrons. The Kier molecular flexibility index (Phi) is 6.32. The number of carbonyl (C=O) groups is 3. The molecule has 1 fully saturated rings. The monoisotopic (exact) mass is 394 g/mol. The Hall–Kier alpha value is -3.15. The first-order chi connectivity index (χ1) is 13.8. The molecule has 2 N–H and O–H groups in total. The molecule has 1 saturated heterocycles. The van der Waals surface area contributed by atoms with Crippen LogP contribution in [0.15, 0.2) is 48.5 Å². The lowest BCUT2D eigenvalue weighted by molar-refractivity contribution is -0.141. The second-order valence-corrected chi connectivity index (χ2v) is 7.69. The van der Waals surface area contributed by atoms with Crippen molar-refractivity contribution < 1.29 is 19.1 Å². The molecule has 6 nitrogen and oxygen atoms in total. The molecule has 0 aliphatic carbocycles. The van der Waals surface area contributed by atoms with E-state index in [-0.39, 0.29) is 24.2 Å². The third-order valence-corrected chi connectivity index (χ3v) is 4.93. The summed E-state index contributed by atoms with van der Waals surface area (Å²) >= 11 is 0. The SMILES string of the molecule is Cc1ccc(C(C)C)c(OC(=O)CC2NC(=O)C(Cc3ccccc3)NC2=O)c1. The number of piperazine rings is 1. The summed E-state index contributed by atoms with van der Waals surface area (Å²) in [5.41, 5.74) is 2.85. The Morgan fingerprint density at radius 3 is 2.34 bits per heavy atom. The molecule has 0 radical (unpaired) electrons. The molecule has 29 heavy (non-hydrogen) atoms. The van der Waals surface area contributed by atoms with E-state index in [4.69, 9.17) is 4.74 Å². The highest BCUT2D eigenvalue weighted by atomic mass is 16.5. The fourth-order valence-corrected chi connectivity index (χ4v) is 3.35. The number of carbonyl (C=O) groups excluding carboxylic acids is 3. The van der Waals surface area contributed by atoms with Crippen LogP contribution in [0.1, 0.15) is 42.9 Å². The second-order valence-electron chi connectivity index (χ2n) is 7.69. The number of ether oxygens (including phenoxy) is 1. The van der Waals surface area contributed by atoms with E-state index in [2.05, 4.69) is 10.6 Å². The predicted octanol–water partition coefficient (Wildman–Crippen LogP) is 2.64. The first-order valence-electron chi connectivity index (χ1n) is 9.79. The van der Waals surface area contributed by atoms with Crippen molar-refractivity contribution in [3.63, 3.8) is 0 Å². The van der Waals surface area contributed by atoms with Gasteiger partial charge in [0.05, 0.1) is 6.42 Å². The highest BCUT2D eigenvalue weighted by molar-refractivity contribution is 5.99. The summed E-state index contributed by atoms with van der Waals surface area (Å²) in [6.07, 6.45) is 0.178. The van der Waals surface area contributed by atoms with Crippen LogP contribution in [0, 0.1) is 6.92 Å². The third-order valence-electron chi connectivity index (χ3n) is 4.93. The van der Waals surface area contributed by atoms with Gasteiger partial charge in [0, 0.05) is 6.42 Å². The van der Waals surface area contributed by atoms with Gasteiger partial charge in [0.25, 0.3) is 0 Å². The molecule has 1 heterocycles. The van der Waals surface area contributed by atoms with E-state index >= 15 is 0 Å². The first-order valence-corrected chi connectivity index (χ1v) is 9.79. The summed E-state index contributed by atoms with van der Waals surface area (Å²) in [6, 6.07) is 13.6. The number of benzene rings is 2. The maximum atomic E-state index is 12.4. The smallest absolute Gasteiger partial charge is 0.313 e. The van der Waals surface area contributed by atoms with Crippen LogP contribution in [0.4, 0.5) is 0 Å². The van der Waals surface area contributed by atoms with Gasteiger partial charge >= 0.3 is 5.97 Å². The van der Waals surface area contributed by atoms with Gasteiger partial charge in [0.1, 0.15) is 17.8 Å². The van der Waals surface area contributed by atoms with Crippen LogP contribution in [-0.4, -0.2) is 29.9 Å². The van der Waals surface area contributed by atoms with Crippen LogP contribution in [0.25, 0.3) is 0 Å². The molecule has 2 aromatic rings. The van der Waals surface area contributed by atoms with E-state index in [1.165, 1.54) is 0 Å². The Morgan fingerprint density at radius 2 is 1.66 bits per heavy atom. The number of nitrogens with one attached hydrogen (secondary N) is 2. The lowest BCUT2D eigenvalue weighted by Crippen LogP contribution is -2.62. The number of amides is 2. The molecule has 0 saturated carbocycles. The zero-order valence-corrected chi connectivity index (χ0v) is 16.9. The number of aryl methyl sites for hydroxylation is 1. The molecule has 0 bridgehead atoms. The van der Waals surface area contributed by atoms with Gasteiger partial charge in [-0.2, -0.15) is 0 Å². The van der Waals surface area contributed by atoms with Gasteiger partial charge in [-0.1, -0.05) is 56.3 Å². The summed E-state index contributed by atoms with van der Waals surface area (Å²) in [7, 11) is 0. The Bertz CT molecular complexity index is 908. The molecule has 6 heteroatoms. The van der Waals surface area contributed by atoms with E-state index in [1.54, 1.807) is 0 Å². The van der Waals surface area contributed by atoms with Crippen molar-refractivity contribution in [3.8, 4) is 5.75 Å². The van der Waals surface area contributed by atoms with Gasteiger partial charge in [-0.05, 0) is 35.6 Å². The van der Waals surface area contributed by atoms with Crippen LogP contribution >= 0.6 is 0 Å². The van der Waals surface area contributed by atoms with Crippen LogP contribution in [-0.2, 0) is 20.8 Å². The van der Waals surface area contributed by atoms with E-state index in [9.17, 15) is 14.4 Å². The number of hydrogen-bond acceptors (Lipinski definition) is 4. The quantitative estimate of drug-likeness (QED) is 0.583. The Labute approximate surface area is 170 Å². The van der Waals surface area contributed by atoms with Crippen LogP contribution in [0.2, 0.25) is 0 Å². The topological polar surface area (TPSA) is 84.5 Å². The molecular weight excluding hydrogens is 368 g/mol. The summed E-state index contributed by atoms with van der Waals surface area (Å²) in [6.45, 7) is 5.95. The van der Waals surface area contributed by atoms with Crippen LogP contribution in [0.3, 0.4) is 0 Å². The van der Waals surface area contributed by atoms with Gasteiger partial charge < -0.3 is 15.4 Å². The largest absolute Gasteiger partial charge is 0.426 e. The van der Waals surface area contributed by atoms with E-state index in [0.29, 0.717) is 12.2 Å². The maximum absolute atomic E-state index is 12.4. The molecule has 1 aliphatic rings. The highest BCUT2D eigenvalue weighted by Gasteiger charge is 2.35. The van der Waals surface area contributed by atoms with Gasteiger partial charge in [-0.3, -0.25) is 14.4 Å². The van der Waals surface area contributed by atoms with Crippen molar-refractivity contribution in [2.45, 2.75) is 51.6 Å². The number of rotatable bonds is 6. The van der Waals surface area contributed by atoms with Crippen LogP contribution in [0.5, 0.6) is 5.75 Å². The minimum absolute atomic E-state index is 0.190. The van der Waals surface area contributed by atoms with Crippen LogP contribution < -0.4 is 15.4 Å². The van der Waals surface area contributed by atoms with E-state index in [1.807, 2.05) is 69.3 Å². The molecule has 0 aromatic heterocycles. The van der Waals surface area contributed by atoms with Gasteiger partial charge in [-0.25, -0.2) is 0 Å². The fraction of sp³-hybridized carbons (Fsp3) is 0.348. The van der Waals surface area contributed by atoms with Gasteiger partial charge in [0.15, 0.2) is 0 Å². The number of hydrogen-bond donors (Lipinski definition) is 2. The summed E-state index contributed by atoms with van der Waals surface area (Å²) in [4.78, 5) is 37.3. The molecule has 2 atom stereocenters. The molecule has 3 rings (SSSR count). The molecule has 2 unspecified atom stereocenters. The van der Waals surface area contributed by atoms with Crippen molar-refractivity contribution >= 4 is 17.8 Å². The normalized spacial score (nSPS) is 18.9.